The molecule has 0 fully saturated rings. The van der Waals surface area contributed by atoms with Crippen molar-refractivity contribution in [2.45, 2.75) is 19.4 Å². The van der Waals surface area contributed by atoms with Gasteiger partial charge >= 0.3 is 0 Å². The largest absolute Gasteiger partial charge is 0.347 e. The molecule has 2 aromatic rings. The van der Waals surface area contributed by atoms with Crippen LogP contribution < -0.4 is 16.2 Å². The third-order valence-electron chi connectivity index (χ3n) is 3.60. The van der Waals surface area contributed by atoms with Gasteiger partial charge in [-0.3, -0.25) is 0 Å². The van der Waals surface area contributed by atoms with E-state index in [9.17, 15) is 8.78 Å². The van der Waals surface area contributed by atoms with Crippen LogP contribution in [0.5, 0.6) is 0 Å². The van der Waals surface area contributed by atoms with E-state index < -0.39 is 11.6 Å². The van der Waals surface area contributed by atoms with Crippen molar-refractivity contribution in [3.8, 4) is 0 Å². The van der Waals surface area contributed by atoms with Crippen molar-refractivity contribution in [3.05, 3.63) is 39.6 Å². The monoisotopic (exact) mass is 296 g/mol. The lowest BCUT2D eigenvalue weighted by Crippen LogP contribution is -2.34. The van der Waals surface area contributed by atoms with Crippen LogP contribution in [0.25, 0.3) is 0 Å². The number of nitrogens with one attached hydrogen (secondary N) is 1. The Morgan fingerprint density at radius 1 is 1.45 bits per heavy atom. The maximum absolute atomic E-state index is 14.0. The molecule has 20 heavy (non-hydrogen) atoms. The second kappa shape index (κ2) is 4.99. The summed E-state index contributed by atoms with van der Waals surface area (Å²) in [5, 5.41) is 2.03. The van der Waals surface area contributed by atoms with Gasteiger partial charge < -0.3 is 10.3 Å². The first-order chi connectivity index (χ1) is 9.61. The topological polar surface area (TPSA) is 54.2 Å². The predicted molar refractivity (Wildman–Crippen MR) is 75.7 cm³/mol. The SMILES string of the molecule is CC1c2ccsc2CCN1c1nc(NN)c(F)cc1F. The Labute approximate surface area is 119 Å². The molecule has 0 saturated carbocycles. The number of pyridine rings is 1. The number of hydrazine groups is 1. The standard InChI is InChI=1S/C13H14F2N4S/c1-7-8-3-5-20-11(8)2-4-19(7)13-10(15)6-9(14)12(17-13)18-16/h3,5-7H,2,4,16H2,1H3,(H,17,18). The summed E-state index contributed by atoms with van der Waals surface area (Å²) in [6.07, 6.45) is 0.835. The first-order valence-corrected chi connectivity index (χ1v) is 7.15. The summed E-state index contributed by atoms with van der Waals surface area (Å²) >= 11 is 1.71. The molecule has 0 saturated heterocycles. The van der Waals surface area contributed by atoms with Crippen LogP contribution in [0.2, 0.25) is 0 Å². The van der Waals surface area contributed by atoms with Crippen LogP contribution in [-0.2, 0) is 6.42 Å². The predicted octanol–water partition coefficient (Wildman–Crippen LogP) is 2.83. The molecule has 4 nitrogen and oxygen atoms in total. The van der Waals surface area contributed by atoms with Gasteiger partial charge in [-0.1, -0.05) is 0 Å². The lowest BCUT2D eigenvalue weighted by Gasteiger charge is -2.34. The molecule has 0 aromatic carbocycles. The van der Waals surface area contributed by atoms with E-state index in [0.717, 1.165) is 12.5 Å². The fourth-order valence-electron chi connectivity index (χ4n) is 2.56. The molecule has 0 bridgehead atoms. The summed E-state index contributed by atoms with van der Waals surface area (Å²) in [5.74, 6) is 3.71. The van der Waals surface area contributed by atoms with E-state index in [1.54, 1.807) is 11.3 Å². The van der Waals surface area contributed by atoms with Crippen molar-refractivity contribution < 1.29 is 8.78 Å². The number of anilines is 2. The van der Waals surface area contributed by atoms with Gasteiger partial charge in [0.25, 0.3) is 0 Å². The summed E-state index contributed by atoms with van der Waals surface area (Å²) in [4.78, 5) is 7.12. The summed E-state index contributed by atoms with van der Waals surface area (Å²) in [6, 6.07) is 2.86. The summed E-state index contributed by atoms with van der Waals surface area (Å²) in [7, 11) is 0. The molecule has 1 aliphatic heterocycles. The van der Waals surface area contributed by atoms with Gasteiger partial charge in [-0.15, -0.1) is 11.3 Å². The number of hydrogen-bond acceptors (Lipinski definition) is 5. The van der Waals surface area contributed by atoms with Crippen molar-refractivity contribution >= 4 is 23.0 Å². The minimum Gasteiger partial charge on any atom is -0.347 e. The summed E-state index contributed by atoms with van der Waals surface area (Å²) in [6.45, 7) is 2.64. The van der Waals surface area contributed by atoms with Crippen molar-refractivity contribution in [3.63, 3.8) is 0 Å². The van der Waals surface area contributed by atoms with Crippen LogP contribution in [0.1, 0.15) is 23.4 Å². The van der Waals surface area contributed by atoms with Gasteiger partial charge in [0, 0.05) is 17.5 Å². The van der Waals surface area contributed by atoms with E-state index in [0.29, 0.717) is 6.54 Å². The number of nitrogen functional groups attached to an aromatic ring is 1. The lowest BCUT2D eigenvalue weighted by molar-refractivity contribution is 0.550. The average molecular weight is 296 g/mol. The number of halogens is 2. The second-order valence-corrected chi connectivity index (χ2v) is 5.69. The molecule has 3 rings (SSSR count). The molecule has 0 amide bonds. The first kappa shape index (κ1) is 13.3. The van der Waals surface area contributed by atoms with Crippen molar-refractivity contribution in [2.75, 3.05) is 16.9 Å². The lowest BCUT2D eigenvalue weighted by atomic mass is 10.0. The minimum absolute atomic E-state index is 0.00286. The van der Waals surface area contributed by atoms with Crippen molar-refractivity contribution in [2.24, 2.45) is 5.84 Å². The smallest absolute Gasteiger partial charge is 0.178 e. The van der Waals surface area contributed by atoms with Gasteiger partial charge in [0.1, 0.15) is 0 Å². The number of aromatic nitrogens is 1. The van der Waals surface area contributed by atoms with Crippen molar-refractivity contribution in [1.29, 1.82) is 0 Å². The van der Waals surface area contributed by atoms with E-state index in [2.05, 4.69) is 10.4 Å². The first-order valence-electron chi connectivity index (χ1n) is 6.27. The van der Waals surface area contributed by atoms with Gasteiger partial charge in [0.2, 0.25) is 0 Å². The van der Waals surface area contributed by atoms with Gasteiger partial charge in [-0.25, -0.2) is 19.6 Å². The normalized spacial score (nSPS) is 18.0. The maximum Gasteiger partial charge on any atom is 0.178 e. The average Bonchev–Trinajstić information content (AvgIpc) is 2.89. The Hall–Kier alpha value is -1.73. The van der Waals surface area contributed by atoms with Crippen LogP contribution in [0.3, 0.4) is 0 Å². The highest BCUT2D eigenvalue weighted by Crippen LogP contribution is 2.36. The van der Waals surface area contributed by atoms with Gasteiger partial charge in [0.15, 0.2) is 23.3 Å². The number of rotatable bonds is 2. The fraction of sp³-hybridized carbons (Fsp3) is 0.308. The molecule has 3 N–H and O–H groups in total. The molecule has 1 aliphatic rings. The molecule has 1 unspecified atom stereocenters. The zero-order chi connectivity index (χ0) is 14.3. The molecule has 3 heterocycles. The molecular weight excluding hydrogens is 282 g/mol. The molecular formula is C13H14F2N4S. The van der Waals surface area contributed by atoms with Crippen LogP contribution in [0.15, 0.2) is 17.5 Å². The van der Waals surface area contributed by atoms with Gasteiger partial charge in [0.05, 0.1) is 6.04 Å². The van der Waals surface area contributed by atoms with E-state index >= 15 is 0 Å². The van der Waals surface area contributed by atoms with E-state index in [1.165, 1.54) is 10.4 Å². The summed E-state index contributed by atoms with van der Waals surface area (Å²) in [5.41, 5.74) is 3.33. The summed E-state index contributed by atoms with van der Waals surface area (Å²) < 4.78 is 27.4. The number of nitrogens with two attached hydrogens (primary N) is 1. The fourth-order valence-corrected chi connectivity index (χ4v) is 3.52. The Kier molecular flexibility index (Phi) is 3.31. The molecule has 0 radical (unpaired) electrons. The highest BCUT2D eigenvalue weighted by atomic mass is 32.1. The van der Waals surface area contributed by atoms with E-state index in [-0.39, 0.29) is 17.7 Å². The molecule has 0 spiro atoms. The Bertz CT molecular complexity index is 643. The third kappa shape index (κ3) is 2.03. The molecule has 7 heteroatoms. The molecule has 106 valence electrons. The highest BCUT2D eigenvalue weighted by molar-refractivity contribution is 7.10. The van der Waals surface area contributed by atoms with Gasteiger partial charge in [-0.05, 0) is 30.4 Å². The van der Waals surface area contributed by atoms with E-state index in [4.69, 9.17) is 5.84 Å². The number of fused-ring (bicyclic) bond motifs is 1. The van der Waals surface area contributed by atoms with Crippen LogP contribution in [-0.4, -0.2) is 11.5 Å². The zero-order valence-electron chi connectivity index (χ0n) is 10.9. The van der Waals surface area contributed by atoms with Gasteiger partial charge in [-0.2, -0.15) is 0 Å². The second-order valence-electron chi connectivity index (χ2n) is 4.69. The molecule has 0 aliphatic carbocycles. The van der Waals surface area contributed by atoms with Crippen LogP contribution in [0.4, 0.5) is 20.4 Å². The number of thiophene rings is 1. The quantitative estimate of drug-likeness (QED) is 0.661. The number of hydrogen-bond donors (Lipinski definition) is 2. The Morgan fingerprint density at radius 2 is 2.25 bits per heavy atom. The number of nitrogens with zero attached hydrogens (tertiary/aromatic N) is 2. The highest BCUT2D eigenvalue weighted by Gasteiger charge is 2.28. The maximum atomic E-state index is 14.0. The zero-order valence-corrected chi connectivity index (χ0v) is 11.7. The third-order valence-corrected chi connectivity index (χ3v) is 4.59. The van der Waals surface area contributed by atoms with Crippen LogP contribution >= 0.6 is 11.3 Å². The minimum atomic E-state index is -0.797. The van der Waals surface area contributed by atoms with Crippen molar-refractivity contribution in [1.82, 2.24) is 4.98 Å². The van der Waals surface area contributed by atoms with E-state index in [1.807, 2.05) is 23.3 Å². The molecule has 2 aromatic heterocycles. The van der Waals surface area contributed by atoms with Crippen LogP contribution in [0, 0.1) is 11.6 Å². The Balaban J connectivity index is 2.02. The Morgan fingerprint density at radius 3 is 3.00 bits per heavy atom. The molecule has 1 atom stereocenters.